The summed E-state index contributed by atoms with van der Waals surface area (Å²) in [5.41, 5.74) is 6.09. The third kappa shape index (κ3) is 5.57. The Morgan fingerprint density at radius 1 is 0.868 bits per heavy atom. The third-order valence-electron chi connectivity index (χ3n) is 6.93. The fourth-order valence-electron chi connectivity index (χ4n) is 4.98. The van der Waals surface area contributed by atoms with Gasteiger partial charge in [0, 0.05) is 34.8 Å². The Labute approximate surface area is 242 Å². The van der Waals surface area contributed by atoms with E-state index in [1.165, 1.54) is 17.7 Å². The topological polar surface area (TPSA) is 15.7 Å². The van der Waals surface area contributed by atoms with Crippen molar-refractivity contribution in [1.29, 1.82) is 0 Å². The van der Waals surface area contributed by atoms with E-state index in [4.69, 9.17) is 51.2 Å². The number of anilines is 2. The molecule has 5 rings (SSSR count). The second-order valence-corrected chi connectivity index (χ2v) is 12.2. The van der Waals surface area contributed by atoms with Gasteiger partial charge in [0.2, 0.25) is 0 Å². The maximum Gasteiger partial charge on any atom is 0.124 e. The van der Waals surface area contributed by atoms with Crippen LogP contribution in [0.3, 0.4) is 0 Å². The summed E-state index contributed by atoms with van der Waals surface area (Å²) in [4.78, 5) is 8.45. The van der Waals surface area contributed by atoms with E-state index >= 15 is 0 Å². The van der Waals surface area contributed by atoms with Crippen molar-refractivity contribution in [3.8, 4) is 11.1 Å². The predicted molar refractivity (Wildman–Crippen MR) is 159 cm³/mol. The highest BCUT2D eigenvalue weighted by Crippen LogP contribution is 2.46. The highest BCUT2D eigenvalue weighted by molar-refractivity contribution is 6.42. The van der Waals surface area contributed by atoms with Crippen LogP contribution >= 0.6 is 46.4 Å². The smallest absolute Gasteiger partial charge is 0.124 e. The van der Waals surface area contributed by atoms with Gasteiger partial charge in [-0.3, -0.25) is 4.90 Å². The average molecular weight is 592 g/mol. The molecule has 0 N–H and O–H groups in total. The molecule has 0 aromatic heterocycles. The summed E-state index contributed by atoms with van der Waals surface area (Å²) in [6.45, 7) is 8.76. The Hall–Kier alpha value is -2.21. The van der Waals surface area contributed by atoms with Crippen molar-refractivity contribution < 1.29 is 9.23 Å². The summed E-state index contributed by atoms with van der Waals surface area (Å²) in [7, 11) is 0. The molecule has 2 heterocycles. The van der Waals surface area contributed by atoms with Crippen LogP contribution in [0.4, 0.5) is 15.8 Å². The molecule has 3 aromatic rings. The maximum absolute atomic E-state index is 13.9. The molecule has 3 aromatic carbocycles. The van der Waals surface area contributed by atoms with Crippen LogP contribution in [-0.4, -0.2) is 23.5 Å². The molecule has 38 heavy (non-hydrogen) atoms. The first-order valence-corrected chi connectivity index (χ1v) is 13.9. The summed E-state index contributed by atoms with van der Waals surface area (Å²) in [5, 5.41) is 3.05. The predicted octanol–water partition coefficient (Wildman–Crippen LogP) is 10.4. The van der Waals surface area contributed by atoms with Crippen LogP contribution in [0.25, 0.3) is 23.3 Å². The van der Waals surface area contributed by atoms with Crippen LogP contribution in [0.5, 0.6) is 0 Å². The zero-order valence-electron chi connectivity index (χ0n) is 21.3. The number of likely N-dealkylation sites (tertiary alicyclic amines) is 1. The second kappa shape index (κ2) is 10.7. The summed E-state index contributed by atoms with van der Waals surface area (Å²) < 4.78 is 13.9. The Bertz CT molecular complexity index is 1430. The highest BCUT2D eigenvalue weighted by Gasteiger charge is 2.27. The lowest BCUT2D eigenvalue weighted by Gasteiger charge is -2.39. The van der Waals surface area contributed by atoms with E-state index in [2.05, 4.69) is 37.8 Å². The number of piperidine rings is 1. The van der Waals surface area contributed by atoms with Crippen molar-refractivity contribution in [2.24, 2.45) is 0 Å². The number of halogens is 5. The normalized spacial score (nSPS) is 15.9. The molecule has 0 spiro atoms. The van der Waals surface area contributed by atoms with Gasteiger partial charge < -0.3 is 4.84 Å². The molecule has 1 fully saturated rings. The van der Waals surface area contributed by atoms with Crippen molar-refractivity contribution in [1.82, 2.24) is 4.90 Å². The van der Waals surface area contributed by atoms with E-state index in [0.29, 0.717) is 31.3 Å². The van der Waals surface area contributed by atoms with Crippen LogP contribution in [0, 0.1) is 5.82 Å². The quantitative estimate of drug-likeness (QED) is 0.301. The zero-order valence-corrected chi connectivity index (χ0v) is 24.3. The van der Waals surface area contributed by atoms with Gasteiger partial charge >= 0.3 is 0 Å². The number of hydrogen-bond donors (Lipinski definition) is 0. The number of fused-ring (bicyclic) bond motifs is 1. The Kier molecular flexibility index (Phi) is 7.74. The number of benzene rings is 3. The van der Waals surface area contributed by atoms with Crippen LogP contribution in [0.1, 0.15) is 44.7 Å². The SMILES string of the molecule is CC(C)(C)N1CCC(=Cc2cc(-c3ccc(F)cc3Cl)c3c(c2)N(c2c(Cl)cc(Cl)cc2Cl)OC=C3)CC1. The molecule has 1 saturated heterocycles. The summed E-state index contributed by atoms with van der Waals surface area (Å²) in [6.07, 6.45) is 7.61. The molecule has 198 valence electrons. The number of hydrogen-bond acceptors (Lipinski definition) is 3. The van der Waals surface area contributed by atoms with Gasteiger partial charge in [0.05, 0.1) is 20.8 Å². The van der Waals surface area contributed by atoms with E-state index in [1.54, 1.807) is 29.5 Å². The molecule has 8 heteroatoms. The minimum absolute atomic E-state index is 0.144. The van der Waals surface area contributed by atoms with E-state index in [1.807, 2.05) is 12.1 Å². The monoisotopic (exact) mass is 590 g/mol. The molecule has 0 amide bonds. The van der Waals surface area contributed by atoms with Crippen LogP contribution in [-0.2, 0) is 4.84 Å². The Morgan fingerprint density at radius 3 is 2.18 bits per heavy atom. The highest BCUT2D eigenvalue weighted by atomic mass is 35.5. The fraction of sp³-hybridized carbons (Fsp3) is 0.267. The summed E-state index contributed by atoms with van der Waals surface area (Å²) in [6, 6.07) is 11.8. The molecule has 2 aliphatic rings. The lowest BCUT2D eigenvalue weighted by Crippen LogP contribution is -2.44. The fourth-order valence-corrected chi connectivity index (χ4v) is 6.22. The zero-order chi connectivity index (χ0) is 27.2. The largest absolute Gasteiger partial charge is 0.382 e. The molecule has 0 aliphatic carbocycles. The lowest BCUT2D eigenvalue weighted by atomic mass is 9.92. The van der Waals surface area contributed by atoms with Crippen LogP contribution in [0.2, 0.25) is 20.1 Å². The Morgan fingerprint density at radius 2 is 1.55 bits per heavy atom. The van der Waals surface area contributed by atoms with Crippen molar-refractivity contribution in [2.45, 2.75) is 39.2 Å². The summed E-state index contributed by atoms with van der Waals surface area (Å²) in [5.74, 6) is -0.392. The van der Waals surface area contributed by atoms with Gasteiger partial charge in [-0.1, -0.05) is 58.1 Å². The van der Waals surface area contributed by atoms with Gasteiger partial charge in [-0.2, -0.15) is 5.06 Å². The Balaban J connectivity index is 1.65. The van der Waals surface area contributed by atoms with E-state index in [-0.39, 0.29) is 5.54 Å². The van der Waals surface area contributed by atoms with Crippen molar-refractivity contribution in [3.05, 3.63) is 91.3 Å². The minimum Gasteiger partial charge on any atom is -0.382 e. The van der Waals surface area contributed by atoms with Gasteiger partial charge in [0.1, 0.15) is 17.8 Å². The first kappa shape index (κ1) is 27.4. The standard InChI is InChI=1S/C30H27Cl4FN2O/c1-30(2,3)36-9-6-18(7-10-36)12-19-13-24(22-5-4-21(35)17-25(22)32)23-8-11-38-37(28(23)14-19)29-26(33)15-20(31)16-27(29)34/h4-5,8,11-17H,6-7,9-10H2,1-3H3. The maximum atomic E-state index is 13.9. The molecule has 0 radical (unpaired) electrons. The van der Waals surface area contributed by atoms with E-state index in [0.717, 1.165) is 48.3 Å². The van der Waals surface area contributed by atoms with Crippen molar-refractivity contribution in [3.63, 3.8) is 0 Å². The first-order chi connectivity index (χ1) is 18.0. The summed E-state index contributed by atoms with van der Waals surface area (Å²) >= 11 is 25.9. The average Bonchev–Trinajstić information content (AvgIpc) is 2.83. The second-order valence-electron chi connectivity index (χ2n) is 10.5. The molecule has 0 saturated carbocycles. The molecule has 0 bridgehead atoms. The van der Waals surface area contributed by atoms with Crippen molar-refractivity contribution >= 4 is 69.9 Å². The van der Waals surface area contributed by atoms with E-state index < -0.39 is 5.82 Å². The number of nitrogens with zero attached hydrogens (tertiary/aromatic N) is 2. The van der Waals surface area contributed by atoms with Crippen molar-refractivity contribution in [2.75, 3.05) is 18.2 Å². The third-order valence-corrected chi connectivity index (χ3v) is 8.04. The molecular weight excluding hydrogens is 565 g/mol. The molecule has 3 nitrogen and oxygen atoms in total. The molecule has 0 atom stereocenters. The molecule has 0 unspecified atom stereocenters. The molecular formula is C30H27Cl4FN2O. The van der Waals surface area contributed by atoms with Gasteiger partial charge in [0.15, 0.2) is 0 Å². The van der Waals surface area contributed by atoms with Gasteiger partial charge in [0.25, 0.3) is 0 Å². The van der Waals surface area contributed by atoms with Crippen LogP contribution in [0.15, 0.2) is 54.3 Å². The number of rotatable bonds is 3. The minimum atomic E-state index is -0.392. The van der Waals surface area contributed by atoms with E-state index in [9.17, 15) is 4.39 Å². The van der Waals surface area contributed by atoms with Gasteiger partial charge in [-0.15, -0.1) is 0 Å². The van der Waals surface area contributed by atoms with Gasteiger partial charge in [-0.05, 0) is 93.3 Å². The van der Waals surface area contributed by atoms with Gasteiger partial charge in [-0.25, -0.2) is 4.39 Å². The van der Waals surface area contributed by atoms with Crippen LogP contribution < -0.4 is 5.06 Å². The lowest BCUT2D eigenvalue weighted by molar-refractivity contribution is 0.126. The first-order valence-electron chi connectivity index (χ1n) is 12.4. The molecule has 2 aliphatic heterocycles.